The number of aryl methyl sites for hydroxylation is 4. The standard InChI is InChI=1S/C42H48O4/c1-5-7-9-31-13-17-33(18-14-31)37-27-29(3)11-25-39(37)45-41(43)35-21-23-36(24-22-35)42(44)46-40-26-12-30(4)28-38(40)34-19-15-32(16-20-34)10-8-6-2/h11-20,25-28,35-36H,5-10,21-24H2,1-4H3. The van der Waals surface area contributed by atoms with Crippen molar-refractivity contribution in [2.24, 2.45) is 11.8 Å². The van der Waals surface area contributed by atoms with E-state index in [0.717, 1.165) is 46.2 Å². The predicted molar refractivity (Wildman–Crippen MR) is 187 cm³/mol. The van der Waals surface area contributed by atoms with E-state index < -0.39 is 0 Å². The van der Waals surface area contributed by atoms with Gasteiger partial charge in [-0.25, -0.2) is 0 Å². The van der Waals surface area contributed by atoms with Gasteiger partial charge in [0, 0.05) is 11.1 Å². The monoisotopic (exact) mass is 616 g/mol. The number of carbonyl (C=O) groups excluding carboxylic acids is 2. The lowest BCUT2D eigenvalue weighted by molar-refractivity contribution is -0.145. The van der Waals surface area contributed by atoms with Gasteiger partial charge in [-0.05, 0) is 112 Å². The van der Waals surface area contributed by atoms with E-state index >= 15 is 0 Å². The van der Waals surface area contributed by atoms with Crippen molar-refractivity contribution in [1.29, 1.82) is 0 Å². The molecule has 1 aliphatic carbocycles. The summed E-state index contributed by atoms with van der Waals surface area (Å²) in [6.45, 7) is 8.51. The van der Waals surface area contributed by atoms with Crippen LogP contribution in [0, 0.1) is 25.7 Å². The molecule has 240 valence electrons. The van der Waals surface area contributed by atoms with Gasteiger partial charge in [0.1, 0.15) is 11.5 Å². The summed E-state index contributed by atoms with van der Waals surface area (Å²) in [5.74, 6) is 0.249. The van der Waals surface area contributed by atoms with Crippen molar-refractivity contribution < 1.29 is 19.1 Å². The molecule has 4 nitrogen and oxygen atoms in total. The number of rotatable bonds is 12. The van der Waals surface area contributed by atoms with Crippen LogP contribution < -0.4 is 9.47 Å². The zero-order chi connectivity index (χ0) is 32.5. The summed E-state index contributed by atoms with van der Waals surface area (Å²) >= 11 is 0. The predicted octanol–water partition coefficient (Wildman–Crippen LogP) is 10.6. The van der Waals surface area contributed by atoms with E-state index in [-0.39, 0.29) is 23.8 Å². The maximum atomic E-state index is 13.4. The Balaban J connectivity index is 1.20. The van der Waals surface area contributed by atoms with Crippen molar-refractivity contribution >= 4 is 11.9 Å². The van der Waals surface area contributed by atoms with Crippen LogP contribution in [-0.4, -0.2) is 11.9 Å². The maximum Gasteiger partial charge on any atom is 0.314 e. The molecule has 1 fully saturated rings. The summed E-state index contributed by atoms with van der Waals surface area (Å²) < 4.78 is 12.1. The van der Waals surface area contributed by atoms with Gasteiger partial charge in [-0.3, -0.25) is 9.59 Å². The molecule has 0 bridgehead atoms. The first-order chi connectivity index (χ1) is 22.3. The molecule has 4 aromatic rings. The second-order valence-electron chi connectivity index (χ2n) is 13.0. The van der Waals surface area contributed by atoms with E-state index in [4.69, 9.17) is 9.47 Å². The molecule has 5 rings (SSSR count). The minimum atomic E-state index is -0.240. The molecule has 4 heteroatoms. The lowest BCUT2D eigenvalue weighted by Gasteiger charge is -2.26. The van der Waals surface area contributed by atoms with Crippen molar-refractivity contribution in [1.82, 2.24) is 0 Å². The number of benzene rings is 4. The van der Waals surface area contributed by atoms with E-state index in [1.165, 1.54) is 36.8 Å². The molecule has 1 saturated carbocycles. The van der Waals surface area contributed by atoms with Crippen LogP contribution in [0.4, 0.5) is 0 Å². The summed E-state index contributed by atoms with van der Waals surface area (Å²) in [5.41, 5.74) is 8.81. The average molecular weight is 617 g/mol. The highest BCUT2D eigenvalue weighted by Gasteiger charge is 2.33. The van der Waals surface area contributed by atoms with Gasteiger partial charge in [0.05, 0.1) is 11.8 Å². The molecule has 0 aromatic heterocycles. The number of hydrogen-bond donors (Lipinski definition) is 0. The Morgan fingerprint density at radius 3 is 1.28 bits per heavy atom. The van der Waals surface area contributed by atoms with Crippen LogP contribution in [0.25, 0.3) is 22.3 Å². The van der Waals surface area contributed by atoms with Gasteiger partial charge in [-0.2, -0.15) is 0 Å². The second kappa shape index (κ2) is 15.9. The fourth-order valence-electron chi connectivity index (χ4n) is 6.33. The number of hydrogen-bond acceptors (Lipinski definition) is 4. The molecule has 0 saturated heterocycles. The summed E-state index contributed by atoms with van der Waals surface area (Å²) in [6, 6.07) is 29.1. The van der Waals surface area contributed by atoms with Gasteiger partial charge in [0.2, 0.25) is 0 Å². The first-order valence-corrected chi connectivity index (χ1v) is 17.2. The van der Waals surface area contributed by atoms with Crippen LogP contribution in [0.2, 0.25) is 0 Å². The SMILES string of the molecule is CCCCc1ccc(-c2cc(C)ccc2OC(=O)C2CCC(C(=O)Oc3ccc(C)cc3-c3ccc(CCCC)cc3)CC2)cc1. The molecule has 46 heavy (non-hydrogen) atoms. The largest absolute Gasteiger partial charge is 0.426 e. The fourth-order valence-corrected chi connectivity index (χ4v) is 6.33. The van der Waals surface area contributed by atoms with Gasteiger partial charge in [0.15, 0.2) is 0 Å². The Kier molecular flexibility index (Phi) is 11.5. The van der Waals surface area contributed by atoms with E-state index in [0.29, 0.717) is 37.2 Å². The Bertz CT molecular complexity index is 1490. The summed E-state index contributed by atoms with van der Waals surface area (Å²) in [7, 11) is 0. The zero-order valence-electron chi connectivity index (χ0n) is 27.9. The topological polar surface area (TPSA) is 52.6 Å². The molecule has 0 atom stereocenters. The molecular formula is C42H48O4. The summed E-state index contributed by atoms with van der Waals surface area (Å²) in [5, 5.41) is 0. The molecule has 0 spiro atoms. The zero-order valence-corrected chi connectivity index (χ0v) is 27.9. The van der Waals surface area contributed by atoms with Crippen molar-refractivity contribution in [2.45, 2.75) is 91.9 Å². The fraction of sp³-hybridized carbons (Fsp3) is 0.381. The molecule has 0 N–H and O–H groups in total. The molecule has 0 heterocycles. The normalized spacial score (nSPS) is 16.2. The number of unbranched alkanes of at least 4 members (excludes halogenated alkanes) is 2. The smallest absolute Gasteiger partial charge is 0.314 e. The third kappa shape index (κ3) is 8.54. The Morgan fingerprint density at radius 2 is 0.935 bits per heavy atom. The highest BCUT2D eigenvalue weighted by molar-refractivity contribution is 5.82. The Hall–Kier alpha value is -4.18. The van der Waals surface area contributed by atoms with Crippen LogP contribution in [-0.2, 0) is 22.4 Å². The molecule has 0 amide bonds. The maximum absolute atomic E-state index is 13.4. The third-order valence-corrected chi connectivity index (χ3v) is 9.25. The second-order valence-corrected chi connectivity index (χ2v) is 13.0. The minimum absolute atomic E-state index is 0.223. The molecule has 4 aromatic carbocycles. The number of esters is 2. The van der Waals surface area contributed by atoms with E-state index in [2.05, 4.69) is 88.4 Å². The first-order valence-electron chi connectivity index (χ1n) is 17.2. The van der Waals surface area contributed by atoms with Crippen LogP contribution >= 0.6 is 0 Å². The van der Waals surface area contributed by atoms with Crippen LogP contribution in [0.15, 0.2) is 84.9 Å². The van der Waals surface area contributed by atoms with Crippen molar-refractivity contribution in [3.63, 3.8) is 0 Å². The van der Waals surface area contributed by atoms with E-state index in [9.17, 15) is 9.59 Å². The third-order valence-electron chi connectivity index (χ3n) is 9.25. The quantitative estimate of drug-likeness (QED) is 0.117. The highest BCUT2D eigenvalue weighted by atomic mass is 16.5. The van der Waals surface area contributed by atoms with Gasteiger partial charge in [0.25, 0.3) is 0 Å². The van der Waals surface area contributed by atoms with E-state index in [1.807, 2.05) is 24.3 Å². The van der Waals surface area contributed by atoms with Gasteiger partial charge >= 0.3 is 11.9 Å². The van der Waals surface area contributed by atoms with Crippen LogP contribution in [0.3, 0.4) is 0 Å². The van der Waals surface area contributed by atoms with Gasteiger partial charge < -0.3 is 9.47 Å². The van der Waals surface area contributed by atoms with Crippen molar-refractivity contribution in [3.05, 3.63) is 107 Å². The van der Waals surface area contributed by atoms with Gasteiger partial charge in [-0.15, -0.1) is 0 Å². The van der Waals surface area contributed by atoms with Crippen molar-refractivity contribution in [2.75, 3.05) is 0 Å². The molecule has 0 radical (unpaired) electrons. The molecule has 1 aliphatic rings. The summed E-state index contributed by atoms with van der Waals surface area (Å²) in [4.78, 5) is 26.7. The van der Waals surface area contributed by atoms with Crippen molar-refractivity contribution in [3.8, 4) is 33.8 Å². The number of carbonyl (C=O) groups is 2. The van der Waals surface area contributed by atoms with Crippen LogP contribution in [0.5, 0.6) is 11.5 Å². The lowest BCUT2D eigenvalue weighted by Crippen LogP contribution is -2.30. The minimum Gasteiger partial charge on any atom is -0.426 e. The molecular weight excluding hydrogens is 568 g/mol. The molecule has 0 aliphatic heterocycles. The van der Waals surface area contributed by atoms with E-state index in [1.54, 1.807) is 0 Å². The van der Waals surface area contributed by atoms with Gasteiger partial charge in [-0.1, -0.05) is 98.5 Å². The summed E-state index contributed by atoms with van der Waals surface area (Å²) in [6.07, 6.45) is 9.25. The number of ether oxygens (including phenoxy) is 2. The lowest BCUT2D eigenvalue weighted by atomic mass is 9.82. The average Bonchev–Trinajstić information content (AvgIpc) is 3.08. The Morgan fingerprint density at radius 1 is 0.565 bits per heavy atom. The van der Waals surface area contributed by atoms with Crippen LogP contribution in [0.1, 0.15) is 87.5 Å². The Labute approximate surface area is 275 Å². The first kappa shape index (κ1) is 33.2. The highest BCUT2D eigenvalue weighted by Crippen LogP contribution is 2.37. The molecule has 0 unspecified atom stereocenters.